The van der Waals surface area contributed by atoms with Crippen molar-refractivity contribution in [3.63, 3.8) is 0 Å². The van der Waals surface area contributed by atoms with Crippen LogP contribution in [0.4, 0.5) is 0 Å². The minimum Gasteiger partial charge on any atom is -0.506 e. The Labute approximate surface area is 123 Å². The summed E-state index contributed by atoms with van der Waals surface area (Å²) in [5.74, 6) is 3.88. The molecular weight excluding hydrogens is 281 g/mol. The van der Waals surface area contributed by atoms with Gasteiger partial charge in [-0.2, -0.15) is 0 Å². The molecular formula is C15H17Cl2NO. The average molecular weight is 298 g/mol. The molecule has 0 amide bonds. The molecule has 0 saturated heterocycles. The highest BCUT2D eigenvalue weighted by Gasteiger charge is 2.64. The highest BCUT2D eigenvalue weighted by Crippen LogP contribution is 2.65. The van der Waals surface area contributed by atoms with Crippen LogP contribution in [0.25, 0.3) is 0 Å². The van der Waals surface area contributed by atoms with E-state index in [2.05, 4.69) is 5.32 Å². The Balaban J connectivity index is 1.44. The quantitative estimate of drug-likeness (QED) is 0.889. The zero-order valence-corrected chi connectivity index (χ0v) is 12.1. The largest absolute Gasteiger partial charge is 0.506 e. The summed E-state index contributed by atoms with van der Waals surface area (Å²) in [6, 6.07) is 4.03. The minimum absolute atomic E-state index is 0.160. The van der Waals surface area contributed by atoms with Crippen LogP contribution < -0.4 is 5.32 Å². The third-order valence-electron chi connectivity index (χ3n) is 5.37. The van der Waals surface area contributed by atoms with Gasteiger partial charge in [0.15, 0.2) is 0 Å². The summed E-state index contributed by atoms with van der Waals surface area (Å²) < 4.78 is 0. The molecule has 4 unspecified atom stereocenters. The van der Waals surface area contributed by atoms with Crippen LogP contribution in [0.15, 0.2) is 12.1 Å². The molecule has 19 heavy (non-hydrogen) atoms. The second-order valence-electron chi connectivity index (χ2n) is 6.29. The van der Waals surface area contributed by atoms with Gasteiger partial charge in [0.1, 0.15) is 5.75 Å². The minimum atomic E-state index is 0.160. The molecule has 1 aromatic rings. The van der Waals surface area contributed by atoms with E-state index in [-0.39, 0.29) is 5.75 Å². The van der Waals surface area contributed by atoms with Crippen LogP contribution in [-0.2, 0) is 6.54 Å². The number of hydrogen-bond donors (Lipinski definition) is 2. The second-order valence-corrected chi connectivity index (χ2v) is 7.13. The Hall–Kier alpha value is -0.440. The molecule has 0 aromatic heterocycles. The van der Waals surface area contributed by atoms with Gasteiger partial charge in [0.05, 0.1) is 5.02 Å². The molecule has 3 saturated carbocycles. The Bertz CT molecular complexity index is 517. The average Bonchev–Trinajstić information content (AvgIpc) is 2.77. The number of phenolic OH excluding ortho intramolecular Hbond substituents is 1. The molecule has 4 atom stereocenters. The maximum atomic E-state index is 9.94. The first-order valence-corrected chi connectivity index (χ1v) is 7.81. The molecule has 102 valence electrons. The van der Waals surface area contributed by atoms with Gasteiger partial charge in [-0.05, 0) is 55.1 Å². The summed E-state index contributed by atoms with van der Waals surface area (Å²) in [6.07, 6.45) is 4.32. The lowest BCUT2D eigenvalue weighted by molar-refractivity contribution is 0.445. The first kappa shape index (κ1) is 12.3. The van der Waals surface area contributed by atoms with Crippen molar-refractivity contribution in [3.8, 4) is 5.75 Å². The molecule has 0 spiro atoms. The molecule has 4 heteroatoms. The van der Waals surface area contributed by atoms with Gasteiger partial charge in [-0.1, -0.05) is 23.2 Å². The fraction of sp³-hybridized carbons (Fsp3) is 0.600. The van der Waals surface area contributed by atoms with E-state index >= 15 is 0 Å². The molecule has 0 radical (unpaired) electrons. The number of aromatic hydroxyl groups is 1. The van der Waals surface area contributed by atoms with Crippen molar-refractivity contribution in [1.82, 2.24) is 5.32 Å². The topological polar surface area (TPSA) is 32.3 Å². The van der Waals surface area contributed by atoms with Crippen molar-refractivity contribution < 1.29 is 5.11 Å². The SMILES string of the molecule is Oc1c(Cl)cc(Cl)cc1CNC1C2C3CCC(C3)C12. The van der Waals surface area contributed by atoms with Crippen molar-refractivity contribution in [2.75, 3.05) is 0 Å². The van der Waals surface area contributed by atoms with Crippen LogP contribution in [0, 0.1) is 23.7 Å². The van der Waals surface area contributed by atoms with Crippen LogP contribution in [0.3, 0.4) is 0 Å². The number of benzene rings is 1. The molecule has 4 rings (SSSR count). The smallest absolute Gasteiger partial charge is 0.138 e. The number of fused-ring (bicyclic) bond motifs is 5. The predicted molar refractivity (Wildman–Crippen MR) is 76.6 cm³/mol. The molecule has 3 fully saturated rings. The van der Waals surface area contributed by atoms with E-state index < -0.39 is 0 Å². The molecule has 2 bridgehead atoms. The normalized spacial score (nSPS) is 38.5. The Morgan fingerprint density at radius 3 is 2.53 bits per heavy atom. The summed E-state index contributed by atoms with van der Waals surface area (Å²) in [4.78, 5) is 0. The van der Waals surface area contributed by atoms with Crippen LogP contribution in [0.2, 0.25) is 10.0 Å². The predicted octanol–water partition coefficient (Wildman–Crippen LogP) is 3.83. The molecule has 3 aliphatic carbocycles. The molecule has 2 N–H and O–H groups in total. The van der Waals surface area contributed by atoms with Gasteiger partial charge >= 0.3 is 0 Å². The maximum absolute atomic E-state index is 9.94. The van der Waals surface area contributed by atoms with Gasteiger partial charge < -0.3 is 10.4 Å². The number of nitrogens with one attached hydrogen (secondary N) is 1. The monoisotopic (exact) mass is 297 g/mol. The lowest BCUT2D eigenvalue weighted by Crippen LogP contribution is -2.22. The summed E-state index contributed by atoms with van der Waals surface area (Å²) in [7, 11) is 0. The van der Waals surface area contributed by atoms with Crippen LogP contribution in [-0.4, -0.2) is 11.1 Å². The molecule has 0 aliphatic heterocycles. The second kappa shape index (κ2) is 4.28. The zero-order valence-electron chi connectivity index (χ0n) is 10.6. The van der Waals surface area contributed by atoms with E-state index in [1.807, 2.05) is 0 Å². The van der Waals surface area contributed by atoms with Gasteiger partial charge in [0, 0.05) is 23.2 Å². The number of rotatable bonds is 3. The standard InChI is InChI=1S/C15H17Cl2NO/c16-10-4-9(15(19)11(17)5-10)6-18-14-12-7-1-2-8(3-7)13(12)14/h4-5,7-8,12-14,18-19H,1-3,6H2. The molecule has 2 nitrogen and oxygen atoms in total. The van der Waals surface area contributed by atoms with Crippen molar-refractivity contribution >= 4 is 23.2 Å². The van der Waals surface area contributed by atoms with E-state index in [0.29, 0.717) is 22.6 Å². The van der Waals surface area contributed by atoms with Crippen molar-refractivity contribution in [3.05, 3.63) is 27.7 Å². The van der Waals surface area contributed by atoms with Crippen LogP contribution in [0.5, 0.6) is 5.75 Å². The number of halogens is 2. The molecule has 1 aromatic carbocycles. The summed E-state index contributed by atoms with van der Waals surface area (Å²) >= 11 is 11.9. The van der Waals surface area contributed by atoms with E-state index in [0.717, 1.165) is 29.2 Å². The maximum Gasteiger partial charge on any atom is 0.138 e. The van der Waals surface area contributed by atoms with Crippen molar-refractivity contribution in [1.29, 1.82) is 0 Å². The van der Waals surface area contributed by atoms with E-state index in [1.165, 1.54) is 19.3 Å². The Kier molecular flexibility index (Phi) is 2.77. The first-order valence-electron chi connectivity index (χ1n) is 7.05. The van der Waals surface area contributed by atoms with E-state index in [1.54, 1.807) is 12.1 Å². The molecule has 0 heterocycles. The Morgan fingerprint density at radius 2 is 1.84 bits per heavy atom. The summed E-state index contributed by atoms with van der Waals surface area (Å²) in [6.45, 7) is 0.656. The van der Waals surface area contributed by atoms with Gasteiger partial charge in [-0.3, -0.25) is 0 Å². The fourth-order valence-corrected chi connectivity index (χ4v) is 5.12. The number of hydrogen-bond acceptors (Lipinski definition) is 2. The third-order valence-corrected chi connectivity index (χ3v) is 5.88. The van der Waals surface area contributed by atoms with Gasteiger partial charge in [-0.15, -0.1) is 0 Å². The third kappa shape index (κ3) is 1.88. The van der Waals surface area contributed by atoms with Crippen molar-refractivity contribution in [2.24, 2.45) is 23.7 Å². The number of phenols is 1. The molecule has 3 aliphatic rings. The van der Waals surface area contributed by atoms with Crippen molar-refractivity contribution in [2.45, 2.75) is 31.8 Å². The van der Waals surface area contributed by atoms with Gasteiger partial charge in [-0.25, -0.2) is 0 Å². The van der Waals surface area contributed by atoms with E-state index in [9.17, 15) is 5.11 Å². The summed E-state index contributed by atoms with van der Waals surface area (Å²) in [5, 5.41) is 14.5. The highest BCUT2D eigenvalue weighted by atomic mass is 35.5. The lowest BCUT2D eigenvalue weighted by atomic mass is 10.0. The zero-order chi connectivity index (χ0) is 13.1. The van der Waals surface area contributed by atoms with Crippen LogP contribution >= 0.6 is 23.2 Å². The van der Waals surface area contributed by atoms with E-state index in [4.69, 9.17) is 23.2 Å². The van der Waals surface area contributed by atoms with Gasteiger partial charge in [0.25, 0.3) is 0 Å². The summed E-state index contributed by atoms with van der Waals surface area (Å²) in [5.41, 5.74) is 0.801. The fourth-order valence-electron chi connectivity index (χ4n) is 4.58. The highest BCUT2D eigenvalue weighted by molar-refractivity contribution is 6.35. The van der Waals surface area contributed by atoms with Crippen LogP contribution in [0.1, 0.15) is 24.8 Å². The first-order chi connectivity index (χ1) is 9.15. The Morgan fingerprint density at radius 1 is 1.16 bits per heavy atom. The lowest BCUT2D eigenvalue weighted by Gasteiger charge is -2.12. The van der Waals surface area contributed by atoms with Gasteiger partial charge in [0.2, 0.25) is 0 Å².